The molecule has 18 heavy (non-hydrogen) atoms. The van der Waals surface area contributed by atoms with Crippen molar-refractivity contribution in [2.45, 2.75) is 45.1 Å². The fourth-order valence-corrected chi connectivity index (χ4v) is 3.25. The topological polar surface area (TPSA) is 33.4 Å². The number of para-hydroxylation sites is 1. The Bertz CT molecular complexity index is 534. The molecular weight excluding hydrogens is 224 g/mol. The number of hydrogen-bond acceptors (Lipinski definition) is 2. The number of fused-ring (bicyclic) bond motifs is 1. The van der Waals surface area contributed by atoms with Gasteiger partial charge in [-0.3, -0.25) is 0 Å². The molecule has 0 bridgehead atoms. The van der Waals surface area contributed by atoms with Crippen LogP contribution in [-0.4, -0.2) is 5.11 Å². The number of aliphatic hydroxyl groups is 1. The molecule has 2 aromatic rings. The third-order valence-electron chi connectivity index (χ3n) is 4.10. The molecule has 1 N–H and O–H groups in total. The Hall–Kier alpha value is -1.28. The van der Waals surface area contributed by atoms with Gasteiger partial charge in [-0.15, -0.1) is 0 Å². The van der Waals surface area contributed by atoms with Crippen LogP contribution in [0.1, 0.15) is 45.3 Å². The molecule has 2 nitrogen and oxygen atoms in total. The van der Waals surface area contributed by atoms with Gasteiger partial charge in [-0.25, -0.2) is 0 Å². The molecule has 1 heterocycles. The summed E-state index contributed by atoms with van der Waals surface area (Å²) in [6.45, 7) is 4.44. The fourth-order valence-electron chi connectivity index (χ4n) is 3.25. The second-order valence-corrected chi connectivity index (χ2v) is 6.37. The fraction of sp³-hybridized carbons (Fsp3) is 0.500. The predicted octanol–water partition coefficient (Wildman–Crippen LogP) is 4.22. The first-order chi connectivity index (χ1) is 8.49. The molecule has 1 aromatic heterocycles. The number of furan rings is 1. The SMILES string of the molecule is CC1(C)CCCC(O)(c2cc3ccccc3o2)C1. The van der Waals surface area contributed by atoms with Crippen molar-refractivity contribution in [2.24, 2.45) is 5.41 Å². The summed E-state index contributed by atoms with van der Waals surface area (Å²) in [5.41, 5.74) is 0.261. The van der Waals surface area contributed by atoms with E-state index in [1.54, 1.807) is 0 Å². The average Bonchev–Trinajstić information content (AvgIpc) is 2.71. The first-order valence-electron chi connectivity index (χ1n) is 6.70. The molecule has 0 spiro atoms. The molecule has 1 saturated carbocycles. The van der Waals surface area contributed by atoms with E-state index in [1.165, 1.54) is 6.42 Å². The van der Waals surface area contributed by atoms with E-state index >= 15 is 0 Å². The lowest BCUT2D eigenvalue weighted by molar-refractivity contribution is -0.0585. The van der Waals surface area contributed by atoms with Crippen molar-refractivity contribution in [2.75, 3.05) is 0 Å². The second-order valence-electron chi connectivity index (χ2n) is 6.37. The van der Waals surface area contributed by atoms with Crippen LogP contribution in [0.3, 0.4) is 0 Å². The van der Waals surface area contributed by atoms with Crippen molar-refractivity contribution >= 4 is 11.0 Å². The Labute approximate surface area is 108 Å². The van der Waals surface area contributed by atoms with Gasteiger partial charge in [0, 0.05) is 5.39 Å². The lowest BCUT2D eigenvalue weighted by atomic mass is 9.69. The van der Waals surface area contributed by atoms with Crippen molar-refractivity contribution in [1.82, 2.24) is 0 Å². The highest BCUT2D eigenvalue weighted by Crippen LogP contribution is 2.47. The molecule has 1 aliphatic rings. The van der Waals surface area contributed by atoms with Gasteiger partial charge in [0.25, 0.3) is 0 Å². The largest absolute Gasteiger partial charge is 0.458 e. The van der Waals surface area contributed by atoms with Crippen LogP contribution in [-0.2, 0) is 5.60 Å². The van der Waals surface area contributed by atoms with Crippen molar-refractivity contribution < 1.29 is 9.52 Å². The van der Waals surface area contributed by atoms with Gasteiger partial charge in [-0.05, 0) is 43.2 Å². The van der Waals surface area contributed by atoms with Crippen molar-refractivity contribution in [3.05, 3.63) is 36.1 Å². The first-order valence-corrected chi connectivity index (χ1v) is 6.70. The summed E-state index contributed by atoms with van der Waals surface area (Å²) in [4.78, 5) is 0. The van der Waals surface area contributed by atoms with Gasteiger partial charge in [0.1, 0.15) is 16.9 Å². The van der Waals surface area contributed by atoms with Gasteiger partial charge in [0.15, 0.2) is 0 Å². The third kappa shape index (κ3) is 1.95. The van der Waals surface area contributed by atoms with Crippen LogP contribution in [0.4, 0.5) is 0 Å². The number of benzene rings is 1. The molecule has 1 atom stereocenters. The van der Waals surface area contributed by atoms with Crippen LogP contribution in [0.15, 0.2) is 34.7 Å². The van der Waals surface area contributed by atoms with E-state index in [2.05, 4.69) is 13.8 Å². The Morgan fingerprint density at radius 3 is 2.67 bits per heavy atom. The molecule has 1 aliphatic carbocycles. The normalized spacial score (nSPS) is 27.5. The third-order valence-corrected chi connectivity index (χ3v) is 4.10. The molecule has 1 fully saturated rings. The molecule has 0 aliphatic heterocycles. The van der Waals surface area contributed by atoms with Crippen molar-refractivity contribution in [3.63, 3.8) is 0 Å². The zero-order chi connectivity index (χ0) is 12.8. The van der Waals surface area contributed by atoms with E-state index in [1.807, 2.05) is 30.3 Å². The van der Waals surface area contributed by atoms with Crippen molar-refractivity contribution in [1.29, 1.82) is 0 Å². The molecular formula is C16H20O2. The summed E-state index contributed by atoms with van der Waals surface area (Å²) >= 11 is 0. The minimum atomic E-state index is -0.791. The van der Waals surface area contributed by atoms with E-state index in [9.17, 15) is 5.11 Å². The zero-order valence-corrected chi connectivity index (χ0v) is 11.1. The second kappa shape index (κ2) is 3.86. The summed E-state index contributed by atoms with van der Waals surface area (Å²) in [7, 11) is 0. The first kappa shape index (κ1) is 11.8. The minimum absolute atomic E-state index is 0.186. The summed E-state index contributed by atoms with van der Waals surface area (Å²) in [6, 6.07) is 9.94. The zero-order valence-electron chi connectivity index (χ0n) is 11.1. The van der Waals surface area contributed by atoms with Crippen LogP contribution in [0.25, 0.3) is 11.0 Å². The highest BCUT2D eigenvalue weighted by atomic mass is 16.4. The van der Waals surface area contributed by atoms with E-state index in [0.717, 1.165) is 36.0 Å². The Morgan fingerprint density at radius 1 is 1.17 bits per heavy atom. The van der Waals surface area contributed by atoms with E-state index < -0.39 is 5.60 Å². The summed E-state index contributed by atoms with van der Waals surface area (Å²) in [5.74, 6) is 0.733. The molecule has 0 amide bonds. The van der Waals surface area contributed by atoms with Gasteiger partial charge in [0.05, 0.1) is 0 Å². The molecule has 96 valence electrons. The van der Waals surface area contributed by atoms with Gasteiger partial charge in [0.2, 0.25) is 0 Å². The lowest BCUT2D eigenvalue weighted by Gasteiger charge is -2.40. The molecule has 3 rings (SSSR count). The van der Waals surface area contributed by atoms with Crippen LogP contribution in [0.5, 0.6) is 0 Å². The Balaban J connectivity index is 2.02. The van der Waals surface area contributed by atoms with E-state index in [0.29, 0.717) is 0 Å². The van der Waals surface area contributed by atoms with Gasteiger partial charge in [-0.2, -0.15) is 0 Å². The van der Waals surface area contributed by atoms with E-state index in [-0.39, 0.29) is 5.41 Å². The number of hydrogen-bond donors (Lipinski definition) is 1. The highest BCUT2D eigenvalue weighted by Gasteiger charge is 2.41. The summed E-state index contributed by atoms with van der Waals surface area (Å²) in [6.07, 6.45) is 3.81. The molecule has 1 unspecified atom stereocenters. The molecule has 0 saturated heterocycles. The summed E-state index contributed by atoms with van der Waals surface area (Å²) in [5, 5.41) is 12.0. The molecule has 0 radical (unpaired) electrons. The standard InChI is InChI=1S/C16H20O2/c1-15(2)8-5-9-16(17,11-15)14-10-12-6-3-4-7-13(12)18-14/h3-4,6-7,10,17H,5,8-9,11H2,1-2H3. The van der Waals surface area contributed by atoms with Gasteiger partial charge < -0.3 is 9.52 Å². The quantitative estimate of drug-likeness (QED) is 0.814. The predicted molar refractivity (Wildman–Crippen MR) is 72.4 cm³/mol. The Kier molecular flexibility index (Phi) is 2.53. The smallest absolute Gasteiger partial charge is 0.136 e. The van der Waals surface area contributed by atoms with Crippen LogP contribution in [0, 0.1) is 5.41 Å². The molecule has 2 heteroatoms. The molecule has 1 aromatic carbocycles. The minimum Gasteiger partial charge on any atom is -0.458 e. The van der Waals surface area contributed by atoms with Gasteiger partial charge >= 0.3 is 0 Å². The van der Waals surface area contributed by atoms with Crippen LogP contribution < -0.4 is 0 Å². The maximum Gasteiger partial charge on any atom is 0.136 e. The lowest BCUT2D eigenvalue weighted by Crippen LogP contribution is -2.36. The van der Waals surface area contributed by atoms with Crippen LogP contribution in [0.2, 0.25) is 0 Å². The Morgan fingerprint density at radius 2 is 1.94 bits per heavy atom. The monoisotopic (exact) mass is 244 g/mol. The summed E-state index contributed by atoms with van der Waals surface area (Å²) < 4.78 is 5.85. The maximum absolute atomic E-state index is 10.9. The van der Waals surface area contributed by atoms with Crippen LogP contribution >= 0.6 is 0 Å². The van der Waals surface area contributed by atoms with Gasteiger partial charge in [-0.1, -0.05) is 32.0 Å². The number of rotatable bonds is 1. The average molecular weight is 244 g/mol. The highest BCUT2D eigenvalue weighted by molar-refractivity contribution is 5.77. The van der Waals surface area contributed by atoms with E-state index in [4.69, 9.17) is 4.42 Å². The van der Waals surface area contributed by atoms with Crippen molar-refractivity contribution in [3.8, 4) is 0 Å². The maximum atomic E-state index is 10.9.